The van der Waals surface area contributed by atoms with Gasteiger partial charge < -0.3 is 5.32 Å². The first kappa shape index (κ1) is 24.1. The predicted octanol–water partition coefficient (Wildman–Crippen LogP) is 5.25. The number of benzene rings is 3. The fourth-order valence-electron chi connectivity index (χ4n) is 3.12. The lowest BCUT2D eigenvalue weighted by Crippen LogP contribution is -2.41. The van der Waals surface area contributed by atoms with Crippen molar-refractivity contribution in [2.75, 3.05) is 17.4 Å². The van der Waals surface area contributed by atoms with E-state index in [9.17, 15) is 13.2 Å². The lowest BCUT2D eigenvalue weighted by Gasteiger charge is -2.24. The molecule has 3 rings (SSSR count). The number of hydrogen-bond acceptors (Lipinski definition) is 3. The Bertz CT molecular complexity index is 1150. The molecule has 0 aliphatic rings. The van der Waals surface area contributed by atoms with Crippen molar-refractivity contribution in [3.8, 4) is 0 Å². The van der Waals surface area contributed by atoms with Crippen LogP contribution < -0.4 is 9.62 Å². The van der Waals surface area contributed by atoms with E-state index in [2.05, 4.69) is 5.32 Å². The van der Waals surface area contributed by atoms with Crippen LogP contribution in [-0.4, -0.2) is 27.4 Å². The number of hydrogen-bond donors (Lipinski definition) is 1. The molecule has 1 amide bonds. The van der Waals surface area contributed by atoms with Crippen molar-refractivity contribution >= 4 is 44.8 Å². The van der Waals surface area contributed by atoms with Crippen LogP contribution in [0, 0.1) is 6.92 Å². The number of anilines is 1. The third-order valence-electron chi connectivity index (χ3n) is 4.89. The first-order chi connectivity index (χ1) is 15.3. The number of carbonyl (C=O) groups excluding carboxylic acids is 1. The zero-order chi connectivity index (χ0) is 23.1. The van der Waals surface area contributed by atoms with Crippen LogP contribution in [0.2, 0.25) is 10.0 Å². The highest BCUT2D eigenvalue weighted by Crippen LogP contribution is 2.25. The number of sulfonamides is 1. The van der Waals surface area contributed by atoms with E-state index in [-0.39, 0.29) is 17.3 Å². The number of amides is 1. The van der Waals surface area contributed by atoms with Gasteiger partial charge >= 0.3 is 0 Å². The standard InChI is InChI=1S/C24H24Cl2N2O3S/c1-18-4-12-22(13-5-18)28(32(30,31)23-14-10-21(26)11-15-23)17-24(29)27-16-2-3-19-6-8-20(25)9-7-19/h4-15H,2-3,16-17H2,1H3,(H,27,29). The molecule has 0 unspecified atom stereocenters. The number of carbonyl (C=O) groups is 1. The van der Waals surface area contributed by atoms with E-state index in [1.54, 1.807) is 12.1 Å². The molecule has 0 spiro atoms. The monoisotopic (exact) mass is 490 g/mol. The summed E-state index contributed by atoms with van der Waals surface area (Å²) in [6.45, 7) is 2.02. The minimum absolute atomic E-state index is 0.0676. The summed E-state index contributed by atoms with van der Waals surface area (Å²) in [5.74, 6) is -0.376. The van der Waals surface area contributed by atoms with Gasteiger partial charge in [0.15, 0.2) is 0 Å². The van der Waals surface area contributed by atoms with Gasteiger partial charge in [-0.05, 0) is 73.9 Å². The molecule has 0 saturated heterocycles. The molecule has 5 nitrogen and oxygen atoms in total. The topological polar surface area (TPSA) is 66.5 Å². The summed E-state index contributed by atoms with van der Waals surface area (Å²) < 4.78 is 27.7. The Morgan fingerprint density at radius 1 is 0.875 bits per heavy atom. The molecule has 0 aromatic heterocycles. The van der Waals surface area contributed by atoms with E-state index >= 15 is 0 Å². The Labute approximate surface area is 199 Å². The van der Waals surface area contributed by atoms with Crippen LogP contribution in [0.25, 0.3) is 0 Å². The maximum absolute atomic E-state index is 13.3. The van der Waals surface area contributed by atoms with Crippen molar-refractivity contribution < 1.29 is 13.2 Å². The summed E-state index contributed by atoms with van der Waals surface area (Å²) in [6, 6.07) is 20.4. The van der Waals surface area contributed by atoms with E-state index in [0.29, 0.717) is 22.3 Å². The molecule has 3 aromatic rings. The van der Waals surface area contributed by atoms with Crippen LogP contribution in [0.4, 0.5) is 5.69 Å². The molecule has 0 heterocycles. The summed E-state index contributed by atoms with van der Waals surface area (Å²) in [6.07, 6.45) is 1.50. The Morgan fingerprint density at radius 2 is 1.44 bits per heavy atom. The van der Waals surface area contributed by atoms with Gasteiger partial charge in [-0.2, -0.15) is 0 Å². The normalized spacial score (nSPS) is 11.2. The maximum Gasteiger partial charge on any atom is 0.264 e. The molecule has 32 heavy (non-hydrogen) atoms. The van der Waals surface area contributed by atoms with Gasteiger partial charge in [0.25, 0.3) is 10.0 Å². The van der Waals surface area contributed by atoms with E-state index < -0.39 is 10.0 Å². The molecule has 3 aromatic carbocycles. The van der Waals surface area contributed by atoms with Crippen molar-refractivity contribution in [2.24, 2.45) is 0 Å². The molecule has 0 fully saturated rings. The molecule has 0 saturated carbocycles. The quantitative estimate of drug-likeness (QED) is 0.416. The van der Waals surface area contributed by atoms with Crippen LogP contribution in [0.3, 0.4) is 0 Å². The number of aryl methyl sites for hydroxylation is 2. The summed E-state index contributed by atoms with van der Waals surface area (Å²) in [7, 11) is -3.96. The maximum atomic E-state index is 13.3. The lowest BCUT2D eigenvalue weighted by molar-refractivity contribution is -0.119. The van der Waals surface area contributed by atoms with Gasteiger partial charge in [-0.25, -0.2) is 8.42 Å². The Hall–Kier alpha value is -2.54. The van der Waals surface area contributed by atoms with Gasteiger partial charge in [0, 0.05) is 16.6 Å². The number of nitrogens with one attached hydrogen (secondary N) is 1. The van der Waals surface area contributed by atoms with Crippen LogP contribution in [0.1, 0.15) is 17.5 Å². The second-order valence-electron chi connectivity index (χ2n) is 7.38. The third-order valence-corrected chi connectivity index (χ3v) is 7.18. The van der Waals surface area contributed by atoms with Gasteiger partial charge in [-0.3, -0.25) is 9.10 Å². The third kappa shape index (κ3) is 6.48. The highest BCUT2D eigenvalue weighted by Gasteiger charge is 2.27. The Morgan fingerprint density at radius 3 is 2.03 bits per heavy atom. The minimum Gasteiger partial charge on any atom is -0.355 e. The fourth-order valence-corrected chi connectivity index (χ4v) is 4.79. The fraction of sp³-hybridized carbons (Fsp3) is 0.208. The van der Waals surface area contributed by atoms with Crippen molar-refractivity contribution in [3.05, 3.63) is 94.0 Å². The molecule has 0 atom stereocenters. The molecule has 0 radical (unpaired) electrons. The zero-order valence-corrected chi connectivity index (χ0v) is 19.9. The number of nitrogens with zero attached hydrogens (tertiary/aromatic N) is 1. The SMILES string of the molecule is Cc1ccc(N(CC(=O)NCCCc2ccc(Cl)cc2)S(=O)(=O)c2ccc(Cl)cc2)cc1. The molecular formula is C24H24Cl2N2O3S. The predicted molar refractivity (Wildman–Crippen MR) is 130 cm³/mol. The smallest absolute Gasteiger partial charge is 0.264 e. The second-order valence-corrected chi connectivity index (χ2v) is 10.1. The molecular weight excluding hydrogens is 467 g/mol. The van der Waals surface area contributed by atoms with Gasteiger partial charge in [0.1, 0.15) is 6.54 Å². The van der Waals surface area contributed by atoms with Gasteiger partial charge in [0.05, 0.1) is 10.6 Å². The molecule has 0 aliphatic heterocycles. The highest BCUT2D eigenvalue weighted by molar-refractivity contribution is 7.92. The zero-order valence-electron chi connectivity index (χ0n) is 17.6. The van der Waals surface area contributed by atoms with E-state index in [1.165, 1.54) is 24.3 Å². The van der Waals surface area contributed by atoms with Crippen LogP contribution in [0.15, 0.2) is 77.7 Å². The largest absolute Gasteiger partial charge is 0.355 e. The van der Waals surface area contributed by atoms with E-state index in [1.807, 2.05) is 43.3 Å². The number of halogens is 2. The van der Waals surface area contributed by atoms with Crippen molar-refractivity contribution in [1.82, 2.24) is 5.32 Å². The highest BCUT2D eigenvalue weighted by atomic mass is 35.5. The van der Waals surface area contributed by atoms with Crippen LogP contribution in [0.5, 0.6) is 0 Å². The van der Waals surface area contributed by atoms with Crippen molar-refractivity contribution in [3.63, 3.8) is 0 Å². The average Bonchev–Trinajstić information content (AvgIpc) is 2.77. The average molecular weight is 491 g/mol. The summed E-state index contributed by atoms with van der Waals surface area (Å²) in [4.78, 5) is 12.7. The first-order valence-corrected chi connectivity index (χ1v) is 12.3. The van der Waals surface area contributed by atoms with Crippen molar-refractivity contribution in [1.29, 1.82) is 0 Å². The molecule has 168 valence electrons. The van der Waals surface area contributed by atoms with Gasteiger partial charge in [-0.1, -0.05) is 53.0 Å². The second kappa shape index (κ2) is 10.9. The van der Waals surface area contributed by atoms with Gasteiger partial charge in [0.2, 0.25) is 5.91 Å². The summed E-state index contributed by atoms with van der Waals surface area (Å²) in [5.41, 5.74) is 2.53. The van der Waals surface area contributed by atoms with Crippen LogP contribution in [-0.2, 0) is 21.2 Å². The summed E-state index contributed by atoms with van der Waals surface area (Å²) >= 11 is 11.8. The van der Waals surface area contributed by atoms with E-state index in [0.717, 1.165) is 28.3 Å². The Balaban J connectivity index is 1.69. The molecule has 1 N–H and O–H groups in total. The first-order valence-electron chi connectivity index (χ1n) is 10.1. The van der Waals surface area contributed by atoms with Gasteiger partial charge in [-0.15, -0.1) is 0 Å². The molecule has 0 bridgehead atoms. The Kier molecular flexibility index (Phi) is 8.18. The number of rotatable bonds is 9. The minimum atomic E-state index is -3.96. The van der Waals surface area contributed by atoms with Crippen LogP contribution >= 0.6 is 23.2 Å². The summed E-state index contributed by atoms with van der Waals surface area (Å²) in [5, 5.41) is 3.93. The van der Waals surface area contributed by atoms with Crippen molar-refractivity contribution in [2.45, 2.75) is 24.7 Å². The molecule has 8 heteroatoms. The molecule has 0 aliphatic carbocycles. The van der Waals surface area contributed by atoms with E-state index in [4.69, 9.17) is 23.2 Å². The lowest BCUT2D eigenvalue weighted by atomic mass is 10.1.